The number of nitrogens with one attached hydrogen (secondary N) is 1. The average molecular weight is 361 g/mol. The van der Waals surface area contributed by atoms with Gasteiger partial charge in [0.25, 0.3) is 0 Å². The summed E-state index contributed by atoms with van der Waals surface area (Å²) in [6.45, 7) is 0. The van der Waals surface area contributed by atoms with Gasteiger partial charge in [-0.05, 0) is 30.3 Å². The maximum absolute atomic E-state index is 12.4. The molecule has 0 unspecified atom stereocenters. The fourth-order valence-corrected chi connectivity index (χ4v) is 3.21. The number of H-pyrrole nitrogens is 1. The second-order valence-electron chi connectivity index (χ2n) is 6.21. The molecule has 3 aromatic carbocycles. The van der Waals surface area contributed by atoms with E-state index in [4.69, 9.17) is 14.2 Å². The number of esters is 1. The summed E-state index contributed by atoms with van der Waals surface area (Å²) in [5.41, 5.74) is 2.81. The van der Waals surface area contributed by atoms with E-state index < -0.39 is 0 Å². The molecular formula is C22H19NO4. The van der Waals surface area contributed by atoms with E-state index in [9.17, 15) is 4.79 Å². The van der Waals surface area contributed by atoms with Gasteiger partial charge >= 0.3 is 5.97 Å². The lowest BCUT2D eigenvalue weighted by Gasteiger charge is -2.10. The Bertz CT molecular complexity index is 1130. The van der Waals surface area contributed by atoms with Gasteiger partial charge in [0.1, 0.15) is 17.2 Å². The van der Waals surface area contributed by atoms with Crippen molar-refractivity contribution in [2.24, 2.45) is 0 Å². The van der Waals surface area contributed by atoms with Crippen LogP contribution in [0.3, 0.4) is 0 Å². The molecule has 4 aromatic rings. The molecule has 0 spiro atoms. The van der Waals surface area contributed by atoms with Gasteiger partial charge in [0.2, 0.25) is 0 Å². The topological polar surface area (TPSA) is 60.5 Å². The van der Waals surface area contributed by atoms with Crippen molar-refractivity contribution in [1.82, 2.24) is 4.98 Å². The number of aromatic nitrogens is 1. The Morgan fingerprint density at radius 2 is 1.63 bits per heavy atom. The van der Waals surface area contributed by atoms with Crippen molar-refractivity contribution in [1.29, 1.82) is 0 Å². The first-order valence-corrected chi connectivity index (χ1v) is 8.60. The largest absolute Gasteiger partial charge is 0.497 e. The minimum atomic E-state index is -0.349. The van der Waals surface area contributed by atoms with Gasteiger partial charge in [0, 0.05) is 33.4 Å². The number of methoxy groups -OCH3 is 2. The Balaban J connectivity index is 1.57. The molecule has 0 amide bonds. The number of benzene rings is 3. The zero-order valence-corrected chi connectivity index (χ0v) is 15.1. The fourth-order valence-electron chi connectivity index (χ4n) is 3.21. The Morgan fingerprint density at radius 3 is 2.44 bits per heavy atom. The fraction of sp³-hybridized carbons (Fsp3) is 0.136. The van der Waals surface area contributed by atoms with Crippen molar-refractivity contribution in [3.8, 4) is 17.2 Å². The van der Waals surface area contributed by atoms with Crippen LogP contribution >= 0.6 is 0 Å². The Kier molecular flexibility index (Phi) is 4.42. The molecule has 0 fully saturated rings. The molecule has 5 heteroatoms. The molecule has 0 bridgehead atoms. The van der Waals surface area contributed by atoms with Gasteiger partial charge in [-0.3, -0.25) is 4.79 Å². The second kappa shape index (κ2) is 7.03. The van der Waals surface area contributed by atoms with Gasteiger partial charge in [-0.2, -0.15) is 0 Å². The maximum atomic E-state index is 12.4. The molecule has 0 radical (unpaired) electrons. The highest BCUT2D eigenvalue weighted by Gasteiger charge is 2.13. The van der Waals surface area contributed by atoms with Crippen LogP contribution in [0.2, 0.25) is 0 Å². The first-order valence-electron chi connectivity index (χ1n) is 8.60. The van der Waals surface area contributed by atoms with E-state index in [2.05, 4.69) is 4.98 Å². The zero-order valence-electron chi connectivity index (χ0n) is 15.1. The number of carbonyl (C=O) groups excluding carboxylic acids is 1. The Hall–Kier alpha value is -3.47. The van der Waals surface area contributed by atoms with Crippen molar-refractivity contribution in [3.05, 3.63) is 66.2 Å². The van der Waals surface area contributed by atoms with Gasteiger partial charge in [-0.15, -0.1) is 0 Å². The monoisotopic (exact) mass is 361 g/mol. The highest BCUT2D eigenvalue weighted by Crippen LogP contribution is 2.29. The summed E-state index contributed by atoms with van der Waals surface area (Å²) in [4.78, 5) is 15.8. The summed E-state index contributed by atoms with van der Waals surface area (Å²) >= 11 is 0. The molecule has 136 valence electrons. The minimum absolute atomic E-state index is 0.110. The first kappa shape index (κ1) is 17.0. The molecule has 0 saturated carbocycles. The first-order chi connectivity index (χ1) is 13.2. The van der Waals surface area contributed by atoms with E-state index in [1.807, 2.05) is 42.5 Å². The van der Waals surface area contributed by atoms with E-state index in [-0.39, 0.29) is 12.4 Å². The smallest absolute Gasteiger partial charge is 0.315 e. The summed E-state index contributed by atoms with van der Waals surface area (Å²) in [5, 5.41) is 2.13. The molecule has 1 aromatic heterocycles. The number of fused-ring (bicyclic) bond motifs is 3. The van der Waals surface area contributed by atoms with E-state index >= 15 is 0 Å². The molecule has 0 aliphatic rings. The molecule has 1 heterocycles. The summed E-state index contributed by atoms with van der Waals surface area (Å²) < 4.78 is 16.1. The molecule has 0 aliphatic carbocycles. The SMILES string of the molecule is COc1ccc(CC(=O)Oc2ccc3[nH]c4ccccc4c3c2)c(OC)c1. The highest BCUT2D eigenvalue weighted by atomic mass is 16.5. The van der Waals surface area contributed by atoms with Gasteiger partial charge in [0.05, 0.1) is 20.6 Å². The van der Waals surface area contributed by atoms with Crippen molar-refractivity contribution in [2.45, 2.75) is 6.42 Å². The van der Waals surface area contributed by atoms with E-state index in [0.717, 1.165) is 27.4 Å². The summed E-state index contributed by atoms with van der Waals surface area (Å²) in [6.07, 6.45) is 0.110. The molecule has 4 rings (SSSR count). The lowest BCUT2D eigenvalue weighted by molar-refractivity contribution is -0.133. The predicted molar refractivity (Wildman–Crippen MR) is 105 cm³/mol. The van der Waals surface area contributed by atoms with Crippen molar-refractivity contribution >= 4 is 27.8 Å². The van der Waals surface area contributed by atoms with Crippen LogP contribution in [0.25, 0.3) is 21.8 Å². The van der Waals surface area contributed by atoms with Gasteiger partial charge in [0.15, 0.2) is 0 Å². The van der Waals surface area contributed by atoms with Crippen LogP contribution in [0, 0.1) is 0 Å². The maximum Gasteiger partial charge on any atom is 0.315 e. The summed E-state index contributed by atoms with van der Waals surface area (Å²) in [5.74, 6) is 1.44. The summed E-state index contributed by atoms with van der Waals surface area (Å²) in [7, 11) is 3.15. The number of rotatable bonds is 5. The van der Waals surface area contributed by atoms with Crippen LogP contribution in [0.15, 0.2) is 60.7 Å². The Labute approximate surface area is 156 Å². The molecule has 27 heavy (non-hydrogen) atoms. The molecule has 0 atom stereocenters. The zero-order chi connectivity index (χ0) is 18.8. The van der Waals surface area contributed by atoms with E-state index in [1.165, 1.54) is 0 Å². The molecule has 1 N–H and O–H groups in total. The van der Waals surface area contributed by atoms with Crippen molar-refractivity contribution < 1.29 is 19.0 Å². The van der Waals surface area contributed by atoms with Crippen LogP contribution in [0.5, 0.6) is 17.2 Å². The third-order valence-corrected chi connectivity index (χ3v) is 4.54. The van der Waals surface area contributed by atoms with E-state index in [1.54, 1.807) is 32.4 Å². The van der Waals surface area contributed by atoms with Gasteiger partial charge < -0.3 is 19.2 Å². The lowest BCUT2D eigenvalue weighted by Crippen LogP contribution is -2.12. The van der Waals surface area contributed by atoms with Crippen LogP contribution < -0.4 is 14.2 Å². The quantitative estimate of drug-likeness (QED) is 0.420. The number of hydrogen-bond donors (Lipinski definition) is 1. The van der Waals surface area contributed by atoms with Gasteiger partial charge in [-0.1, -0.05) is 24.3 Å². The average Bonchev–Trinajstić information content (AvgIpc) is 3.06. The van der Waals surface area contributed by atoms with Crippen molar-refractivity contribution in [2.75, 3.05) is 14.2 Å². The lowest BCUT2D eigenvalue weighted by atomic mass is 10.1. The number of ether oxygens (including phenoxy) is 3. The number of para-hydroxylation sites is 1. The number of carbonyl (C=O) groups is 1. The van der Waals surface area contributed by atoms with Crippen LogP contribution in [0.4, 0.5) is 0 Å². The van der Waals surface area contributed by atoms with Crippen LogP contribution in [-0.2, 0) is 11.2 Å². The van der Waals surface area contributed by atoms with E-state index in [0.29, 0.717) is 17.2 Å². The summed E-state index contributed by atoms with van der Waals surface area (Å²) in [6, 6.07) is 19.0. The number of hydrogen-bond acceptors (Lipinski definition) is 4. The van der Waals surface area contributed by atoms with Crippen molar-refractivity contribution in [3.63, 3.8) is 0 Å². The van der Waals surface area contributed by atoms with Gasteiger partial charge in [-0.25, -0.2) is 0 Å². The normalized spacial score (nSPS) is 10.9. The number of aromatic amines is 1. The van der Waals surface area contributed by atoms with Crippen LogP contribution in [0.1, 0.15) is 5.56 Å². The third-order valence-electron chi connectivity index (χ3n) is 4.54. The van der Waals surface area contributed by atoms with Crippen LogP contribution in [-0.4, -0.2) is 25.2 Å². The highest BCUT2D eigenvalue weighted by molar-refractivity contribution is 6.07. The third kappa shape index (κ3) is 3.31. The Morgan fingerprint density at radius 1 is 0.852 bits per heavy atom. The minimum Gasteiger partial charge on any atom is -0.497 e. The predicted octanol–water partition coefficient (Wildman–Crippen LogP) is 4.49. The molecule has 0 saturated heterocycles. The molecule has 0 aliphatic heterocycles. The molecular weight excluding hydrogens is 342 g/mol. The second-order valence-corrected chi connectivity index (χ2v) is 6.21. The standard InChI is InChI=1S/C22H19NO4/c1-25-15-8-7-14(21(13-15)26-2)11-22(24)27-16-9-10-20-18(12-16)17-5-3-4-6-19(17)23-20/h3-10,12-13,23H,11H2,1-2H3. The molecule has 5 nitrogen and oxygen atoms in total.